The normalized spacial score (nSPS) is 22.4. The first-order valence-corrected chi connectivity index (χ1v) is 13.2. The van der Waals surface area contributed by atoms with Crippen LogP contribution < -0.4 is 4.74 Å². The first-order valence-electron chi connectivity index (χ1n) is 13.2. The molecule has 186 valence electrons. The fourth-order valence-electron chi connectivity index (χ4n) is 6.08. The van der Waals surface area contributed by atoms with Gasteiger partial charge in [-0.1, -0.05) is 43.3 Å². The summed E-state index contributed by atoms with van der Waals surface area (Å²) in [6, 6.07) is 23.2. The summed E-state index contributed by atoms with van der Waals surface area (Å²) in [4.78, 5) is 18.5. The second-order valence-electron chi connectivity index (χ2n) is 10.8. The number of nitrogens with zero attached hydrogens (tertiary/aromatic N) is 2. The Morgan fingerprint density at radius 3 is 2.53 bits per heavy atom. The van der Waals surface area contributed by atoms with Crippen molar-refractivity contribution in [3.8, 4) is 11.5 Å². The van der Waals surface area contributed by atoms with Crippen LogP contribution in [0.15, 0.2) is 72.8 Å². The first kappa shape index (κ1) is 23.1. The van der Waals surface area contributed by atoms with Gasteiger partial charge in [0, 0.05) is 24.2 Å². The van der Waals surface area contributed by atoms with Crippen LogP contribution in [0.5, 0.6) is 11.5 Å². The van der Waals surface area contributed by atoms with Crippen molar-refractivity contribution in [3.05, 3.63) is 95.1 Å². The molecule has 2 fully saturated rings. The molecule has 1 unspecified atom stereocenters. The van der Waals surface area contributed by atoms with Gasteiger partial charge in [-0.3, -0.25) is 9.69 Å². The van der Waals surface area contributed by atoms with Crippen LogP contribution in [0.2, 0.25) is 0 Å². The number of rotatable bonds is 6. The molecule has 5 heteroatoms. The van der Waals surface area contributed by atoms with Crippen molar-refractivity contribution in [2.24, 2.45) is 5.92 Å². The summed E-state index contributed by atoms with van der Waals surface area (Å²) in [6.45, 7) is 6.26. The number of hydrogen-bond acceptors (Lipinski definition) is 4. The van der Waals surface area contributed by atoms with Crippen LogP contribution in [0.3, 0.4) is 0 Å². The summed E-state index contributed by atoms with van der Waals surface area (Å²) in [5.41, 5.74) is 3.81. The summed E-state index contributed by atoms with van der Waals surface area (Å²) in [7, 11) is 0. The molecule has 1 spiro atoms. The Balaban J connectivity index is 1.29. The van der Waals surface area contributed by atoms with Crippen LogP contribution in [0, 0.1) is 5.92 Å². The molecule has 0 radical (unpaired) electrons. The SMILES string of the molecule is C[C@H]1CCN(CCOc2ccc(C3c4ccc(O)cc4CC4(CC4)N3C(=O)c3ccccc3)cc2)C1. The second kappa shape index (κ2) is 9.29. The second-order valence-corrected chi connectivity index (χ2v) is 10.8. The van der Waals surface area contributed by atoms with E-state index in [4.69, 9.17) is 4.74 Å². The zero-order valence-corrected chi connectivity index (χ0v) is 20.9. The lowest BCUT2D eigenvalue weighted by Crippen LogP contribution is -2.49. The molecule has 1 aliphatic carbocycles. The van der Waals surface area contributed by atoms with E-state index >= 15 is 0 Å². The van der Waals surface area contributed by atoms with E-state index in [9.17, 15) is 9.90 Å². The number of carbonyl (C=O) groups is 1. The Bertz CT molecular complexity index is 1240. The predicted molar refractivity (Wildman–Crippen MR) is 140 cm³/mol. The van der Waals surface area contributed by atoms with E-state index in [0.717, 1.165) is 67.3 Å². The Morgan fingerprint density at radius 2 is 1.83 bits per heavy atom. The van der Waals surface area contributed by atoms with Gasteiger partial charge in [0.25, 0.3) is 5.91 Å². The number of ether oxygens (including phenoxy) is 1. The highest BCUT2D eigenvalue weighted by Crippen LogP contribution is 2.55. The number of fused-ring (bicyclic) bond motifs is 1. The minimum Gasteiger partial charge on any atom is -0.508 e. The van der Waals surface area contributed by atoms with E-state index in [2.05, 4.69) is 28.9 Å². The highest BCUT2D eigenvalue weighted by molar-refractivity contribution is 5.96. The molecule has 1 saturated carbocycles. The lowest BCUT2D eigenvalue weighted by Gasteiger charge is -2.44. The molecule has 1 amide bonds. The van der Waals surface area contributed by atoms with Crippen LogP contribution in [-0.2, 0) is 6.42 Å². The zero-order valence-electron chi connectivity index (χ0n) is 20.9. The third-order valence-corrected chi connectivity index (χ3v) is 8.16. The standard InChI is InChI=1S/C31H34N2O3/c1-22-13-16-32(21-22)17-18-36-27-10-7-23(8-11-27)29-28-12-9-26(34)19-25(28)20-31(14-15-31)33(29)30(35)24-5-3-2-4-6-24/h2-12,19,22,29,34H,13-18,20-21H2,1H3/t22-,29?/m0/s1. The summed E-state index contributed by atoms with van der Waals surface area (Å²) >= 11 is 0. The van der Waals surface area contributed by atoms with Crippen molar-refractivity contribution in [3.63, 3.8) is 0 Å². The molecule has 5 nitrogen and oxygen atoms in total. The van der Waals surface area contributed by atoms with E-state index in [0.29, 0.717) is 12.2 Å². The van der Waals surface area contributed by atoms with Crippen molar-refractivity contribution in [2.75, 3.05) is 26.2 Å². The topological polar surface area (TPSA) is 53.0 Å². The van der Waals surface area contributed by atoms with Crippen molar-refractivity contribution in [1.82, 2.24) is 9.80 Å². The Labute approximate surface area is 213 Å². The molecule has 3 aliphatic rings. The molecule has 2 heterocycles. The first-order chi connectivity index (χ1) is 17.5. The summed E-state index contributed by atoms with van der Waals surface area (Å²) in [6.07, 6.45) is 4.01. The summed E-state index contributed by atoms with van der Waals surface area (Å²) < 4.78 is 6.07. The molecule has 3 aromatic carbocycles. The largest absolute Gasteiger partial charge is 0.508 e. The minimum atomic E-state index is -0.204. The number of amides is 1. The zero-order chi connectivity index (χ0) is 24.7. The number of carbonyl (C=O) groups excluding carboxylic acids is 1. The summed E-state index contributed by atoms with van der Waals surface area (Å²) in [5, 5.41) is 10.2. The van der Waals surface area contributed by atoms with Crippen LogP contribution >= 0.6 is 0 Å². The van der Waals surface area contributed by atoms with Gasteiger partial charge in [-0.05, 0) is 91.2 Å². The fraction of sp³-hybridized carbons (Fsp3) is 0.387. The fourth-order valence-corrected chi connectivity index (χ4v) is 6.08. The number of hydrogen-bond donors (Lipinski definition) is 1. The number of likely N-dealkylation sites (tertiary alicyclic amines) is 1. The lowest BCUT2D eigenvalue weighted by atomic mass is 9.82. The molecule has 1 saturated heterocycles. The van der Waals surface area contributed by atoms with Gasteiger partial charge >= 0.3 is 0 Å². The molecule has 2 aliphatic heterocycles. The van der Waals surface area contributed by atoms with Crippen LogP contribution in [0.1, 0.15) is 59.3 Å². The van der Waals surface area contributed by atoms with Crippen molar-refractivity contribution < 1.29 is 14.6 Å². The average Bonchev–Trinajstić information content (AvgIpc) is 3.53. The molecular formula is C31H34N2O3. The van der Waals surface area contributed by atoms with Crippen LogP contribution in [-0.4, -0.2) is 52.6 Å². The Hall–Kier alpha value is -3.31. The van der Waals surface area contributed by atoms with Gasteiger partial charge in [-0.25, -0.2) is 0 Å². The van der Waals surface area contributed by atoms with E-state index in [1.165, 1.54) is 6.42 Å². The molecule has 0 aromatic heterocycles. The maximum atomic E-state index is 13.9. The number of phenols is 1. The molecule has 3 aromatic rings. The van der Waals surface area contributed by atoms with E-state index in [1.807, 2.05) is 54.6 Å². The van der Waals surface area contributed by atoms with E-state index in [1.54, 1.807) is 6.07 Å². The van der Waals surface area contributed by atoms with Crippen molar-refractivity contribution >= 4 is 5.91 Å². The quantitative estimate of drug-likeness (QED) is 0.509. The molecule has 36 heavy (non-hydrogen) atoms. The minimum absolute atomic E-state index is 0.0667. The van der Waals surface area contributed by atoms with Crippen LogP contribution in [0.4, 0.5) is 0 Å². The maximum absolute atomic E-state index is 13.9. The van der Waals surface area contributed by atoms with E-state index in [-0.39, 0.29) is 23.2 Å². The molecular weight excluding hydrogens is 448 g/mol. The molecule has 6 rings (SSSR count). The van der Waals surface area contributed by atoms with Gasteiger partial charge in [0.2, 0.25) is 0 Å². The highest BCUT2D eigenvalue weighted by Gasteiger charge is 2.56. The average molecular weight is 483 g/mol. The number of aromatic hydroxyl groups is 1. The summed E-state index contributed by atoms with van der Waals surface area (Å²) in [5.74, 6) is 1.98. The molecule has 0 bridgehead atoms. The van der Waals surface area contributed by atoms with Gasteiger partial charge < -0.3 is 14.7 Å². The third-order valence-electron chi connectivity index (χ3n) is 8.16. The number of phenolic OH excluding ortho intramolecular Hbond substituents is 1. The van der Waals surface area contributed by atoms with Crippen LogP contribution in [0.25, 0.3) is 0 Å². The predicted octanol–water partition coefficient (Wildman–Crippen LogP) is 5.43. The molecule has 2 atom stereocenters. The van der Waals surface area contributed by atoms with E-state index < -0.39 is 0 Å². The maximum Gasteiger partial charge on any atom is 0.255 e. The number of benzene rings is 3. The highest BCUT2D eigenvalue weighted by atomic mass is 16.5. The van der Waals surface area contributed by atoms with Gasteiger partial charge in [0.1, 0.15) is 18.1 Å². The smallest absolute Gasteiger partial charge is 0.255 e. The Kier molecular flexibility index (Phi) is 5.96. The van der Waals surface area contributed by atoms with Crippen molar-refractivity contribution in [1.29, 1.82) is 0 Å². The lowest BCUT2D eigenvalue weighted by molar-refractivity contribution is 0.0541. The third kappa shape index (κ3) is 4.37. The van der Waals surface area contributed by atoms with Crippen molar-refractivity contribution in [2.45, 2.75) is 44.2 Å². The Morgan fingerprint density at radius 1 is 1.06 bits per heavy atom. The monoisotopic (exact) mass is 482 g/mol. The van der Waals surface area contributed by atoms with Gasteiger partial charge in [-0.15, -0.1) is 0 Å². The van der Waals surface area contributed by atoms with Gasteiger partial charge in [0.15, 0.2) is 0 Å². The van der Waals surface area contributed by atoms with Gasteiger partial charge in [0.05, 0.1) is 6.04 Å². The van der Waals surface area contributed by atoms with Gasteiger partial charge in [-0.2, -0.15) is 0 Å². The molecule has 1 N–H and O–H groups in total.